The molecule has 0 fully saturated rings. The summed E-state index contributed by atoms with van der Waals surface area (Å²) >= 11 is 0. The van der Waals surface area contributed by atoms with E-state index in [4.69, 9.17) is 5.11 Å². The summed E-state index contributed by atoms with van der Waals surface area (Å²) < 4.78 is 13.1. The van der Waals surface area contributed by atoms with Crippen molar-refractivity contribution >= 4 is 6.29 Å². The predicted molar refractivity (Wildman–Crippen MR) is 58.9 cm³/mol. The molecule has 0 aliphatic carbocycles. The summed E-state index contributed by atoms with van der Waals surface area (Å²) in [6.07, 6.45) is 0.682. The van der Waals surface area contributed by atoms with E-state index in [0.717, 1.165) is 0 Å². The van der Waals surface area contributed by atoms with Gasteiger partial charge in [-0.05, 0) is 41.5 Å². The molecule has 0 saturated heterocycles. The summed E-state index contributed by atoms with van der Waals surface area (Å²) in [6, 6.07) is 10.2. The Morgan fingerprint density at radius 3 is 2.38 bits per heavy atom. The van der Waals surface area contributed by atoms with Gasteiger partial charge in [0.2, 0.25) is 0 Å². The van der Waals surface area contributed by atoms with E-state index in [2.05, 4.69) is 0 Å². The van der Waals surface area contributed by atoms with Crippen molar-refractivity contribution in [3.05, 3.63) is 53.8 Å². The standard InChI is InChI=1S/C13H9FO2/c14-11-4-1-10(8-15)13(7-11)9-2-5-12(16)6-3-9/h1-8,16H. The number of aldehydes is 1. The minimum Gasteiger partial charge on any atom is -0.508 e. The lowest BCUT2D eigenvalue weighted by atomic mass is 10.0. The first-order valence-corrected chi connectivity index (χ1v) is 4.75. The van der Waals surface area contributed by atoms with E-state index in [1.54, 1.807) is 12.1 Å². The minimum absolute atomic E-state index is 0.132. The maximum atomic E-state index is 13.1. The normalized spacial score (nSPS) is 10.1. The van der Waals surface area contributed by atoms with Gasteiger partial charge in [0.15, 0.2) is 6.29 Å². The molecule has 0 saturated carbocycles. The second kappa shape index (κ2) is 4.14. The van der Waals surface area contributed by atoms with Crippen LogP contribution in [0.15, 0.2) is 42.5 Å². The van der Waals surface area contributed by atoms with Gasteiger partial charge in [0, 0.05) is 5.56 Å². The summed E-state index contributed by atoms with van der Waals surface area (Å²) in [5.41, 5.74) is 1.64. The first kappa shape index (κ1) is 10.4. The van der Waals surface area contributed by atoms with Crippen molar-refractivity contribution in [3.8, 4) is 16.9 Å². The van der Waals surface area contributed by atoms with Gasteiger partial charge in [-0.2, -0.15) is 0 Å². The maximum absolute atomic E-state index is 13.1. The minimum atomic E-state index is -0.395. The topological polar surface area (TPSA) is 37.3 Å². The van der Waals surface area contributed by atoms with Crippen LogP contribution in [0.5, 0.6) is 5.75 Å². The van der Waals surface area contributed by atoms with Gasteiger partial charge in [0.1, 0.15) is 11.6 Å². The lowest BCUT2D eigenvalue weighted by Crippen LogP contribution is -1.88. The van der Waals surface area contributed by atoms with Gasteiger partial charge in [0.05, 0.1) is 0 Å². The molecule has 2 rings (SSSR count). The van der Waals surface area contributed by atoms with Gasteiger partial charge >= 0.3 is 0 Å². The molecule has 0 atom stereocenters. The van der Waals surface area contributed by atoms with E-state index >= 15 is 0 Å². The summed E-state index contributed by atoms with van der Waals surface area (Å²) in [5, 5.41) is 9.14. The van der Waals surface area contributed by atoms with Crippen LogP contribution in [-0.2, 0) is 0 Å². The van der Waals surface area contributed by atoms with Gasteiger partial charge in [-0.15, -0.1) is 0 Å². The van der Waals surface area contributed by atoms with Crippen LogP contribution in [0, 0.1) is 5.82 Å². The zero-order chi connectivity index (χ0) is 11.5. The van der Waals surface area contributed by atoms with Crippen LogP contribution in [0.2, 0.25) is 0 Å². The zero-order valence-electron chi connectivity index (χ0n) is 8.35. The number of hydrogen-bond donors (Lipinski definition) is 1. The molecule has 2 aromatic rings. The van der Waals surface area contributed by atoms with E-state index < -0.39 is 5.82 Å². The van der Waals surface area contributed by atoms with Crippen molar-refractivity contribution in [2.45, 2.75) is 0 Å². The van der Waals surface area contributed by atoms with Gasteiger partial charge < -0.3 is 5.11 Å². The van der Waals surface area contributed by atoms with Crippen molar-refractivity contribution in [2.75, 3.05) is 0 Å². The Morgan fingerprint density at radius 1 is 1.06 bits per heavy atom. The summed E-state index contributed by atoms with van der Waals surface area (Å²) in [4.78, 5) is 10.8. The third-order valence-electron chi connectivity index (χ3n) is 2.32. The number of hydrogen-bond acceptors (Lipinski definition) is 2. The highest BCUT2D eigenvalue weighted by molar-refractivity contribution is 5.87. The molecule has 1 N–H and O–H groups in total. The number of rotatable bonds is 2. The molecule has 0 aliphatic rings. The van der Waals surface area contributed by atoms with E-state index in [0.29, 0.717) is 23.0 Å². The number of benzene rings is 2. The number of aromatic hydroxyl groups is 1. The first-order valence-electron chi connectivity index (χ1n) is 4.75. The molecule has 16 heavy (non-hydrogen) atoms. The van der Waals surface area contributed by atoms with Gasteiger partial charge in [-0.1, -0.05) is 12.1 Å². The number of carbonyl (C=O) groups is 1. The third-order valence-corrected chi connectivity index (χ3v) is 2.32. The third kappa shape index (κ3) is 1.93. The molecule has 0 spiro atoms. The molecule has 3 heteroatoms. The second-order valence-corrected chi connectivity index (χ2v) is 3.40. The Balaban J connectivity index is 2.57. The Bertz CT molecular complexity index is 518. The van der Waals surface area contributed by atoms with Crippen molar-refractivity contribution in [1.29, 1.82) is 0 Å². The monoisotopic (exact) mass is 216 g/mol. The van der Waals surface area contributed by atoms with Crippen molar-refractivity contribution in [3.63, 3.8) is 0 Å². The number of carbonyl (C=O) groups excluding carboxylic acids is 1. The van der Waals surface area contributed by atoms with Crippen LogP contribution >= 0.6 is 0 Å². The summed E-state index contributed by atoms with van der Waals surface area (Å²) in [6.45, 7) is 0. The number of halogens is 1. The quantitative estimate of drug-likeness (QED) is 0.783. The molecule has 2 nitrogen and oxygen atoms in total. The van der Waals surface area contributed by atoms with E-state index in [1.807, 2.05) is 0 Å². The number of phenolic OH excluding ortho intramolecular Hbond substituents is 1. The molecular weight excluding hydrogens is 207 g/mol. The highest BCUT2D eigenvalue weighted by atomic mass is 19.1. The van der Waals surface area contributed by atoms with Crippen LogP contribution in [0.25, 0.3) is 11.1 Å². The Kier molecular flexibility index (Phi) is 2.68. The van der Waals surface area contributed by atoms with Crippen LogP contribution in [0.1, 0.15) is 10.4 Å². The van der Waals surface area contributed by atoms with Crippen LogP contribution in [0.4, 0.5) is 4.39 Å². The molecule has 80 valence electrons. The molecular formula is C13H9FO2. The Morgan fingerprint density at radius 2 is 1.75 bits per heavy atom. The van der Waals surface area contributed by atoms with Crippen molar-refractivity contribution < 1.29 is 14.3 Å². The summed E-state index contributed by atoms with van der Waals surface area (Å²) in [5.74, 6) is -0.263. The highest BCUT2D eigenvalue weighted by Gasteiger charge is 2.05. The van der Waals surface area contributed by atoms with Gasteiger partial charge in [0.25, 0.3) is 0 Å². The Hall–Kier alpha value is -2.16. The maximum Gasteiger partial charge on any atom is 0.150 e. The average Bonchev–Trinajstić information content (AvgIpc) is 2.30. The second-order valence-electron chi connectivity index (χ2n) is 3.40. The van der Waals surface area contributed by atoms with E-state index in [-0.39, 0.29) is 5.75 Å². The fraction of sp³-hybridized carbons (Fsp3) is 0. The van der Waals surface area contributed by atoms with Crippen LogP contribution in [-0.4, -0.2) is 11.4 Å². The van der Waals surface area contributed by atoms with E-state index in [9.17, 15) is 9.18 Å². The fourth-order valence-electron chi connectivity index (χ4n) is 1.52. The molecule has 0 bridgehead atoms. The predicted octanol–water partition coefficient (Wildman–Crippen LogP) is 3.01. The first-order chi connectivity index (χ1) is 7.70. The molecule has 0 aliphatic heterocycles. The van der Waals surface area contributed by atoms with Crippen LogP contribution in [0.3, 0.4) is 0 Å². The highest BCUT2D eigenvalue weighted by Crippen LogP contribution is 2.25. The molecule has 0 radical (unpaired) electrons. The van der Waals surface area contributed by atoms with Crippen molar-refractivity contribution in [2.24, 2.45) is 0 Å². The molecule has 0 heterocycles. The Labute approximate surface area is 92.0 Å². The molecule has 0 aromatic heterocycles. The summed E-state index contributed by atoms with van der Waals surface area (Å²) in [7, 11) is 0. The SMILES string of the molecule is O=Cc1ccc(F)cc1-c1ccc(O)cc1. The average molecular weight is 216 g/mol. The van der Waals surface area contributed by atoms with E-state index in [1.165, 1.54) is 30.3 Å². The molecule has 0 unspecified atom stereocenters. The number of phenols is 1. The molecule has 0 amide bonds. The van der Waals surface area contributed by atoms with Gasteiger partial charge in [-0.3, -0.25) is 4.79 Å². The fourth-order valence-corrected chi connectivity index (χ4v) is 1.52. The smallest absolute Gasteiger partial charge is 0.150 e. The van der Waals surface area contributed by atoms with Crippen molar-refractivity contribution in [1.82, 2.24) is 0 Å². The zero-order valence-corrected chi connectivity index (χ0v) is 8.35. The lowest BCUT2D eigenvalue weighted by Gasteiger charge is -2.05. The van der Waals surface area contributed by atoms with Gasteiger partial charge in [-0.25, -0.2) is 4.39 Å². The van der Waals surface area contributed by atoms with Crippen LogP contribution < -0.4 is 0 Å². The molecule has 2 aromatic carbocycles. The largest absolute Gasteiger partial charge is 0.508 e. The lowest BCUT2D eigenvalue weighted by molar-refractivity contribution is 0.112.